The highest BCUT2D eigenvalue weighted by Crippen LogP contribution is 2.21. The number of hydrogen-bond donors (Lipinski definition) is 2. The number of nitrogens with one attached hydrogen (secondary N) is 2. The molecule has 2 fully saturated rings. The van der Waals surface area contributed by atoms with Crippen molar-refractivity contribution in [1.82, 2.24) is 14.9 Å². The first-order valence-corrected chi connectivity index (χ1v) is 12.5. The Morgan fingerprint density at radius 1 is 1.13 bits per heavy atom. The molecule has 0 aromatic heterocycles. The molecule has 1 unspecified atom stereocenters. The number of nitrogens with zero attached hydrogens (tertiary/aromatic N) is 3. The van der Waals surface area contributed by atoms with Crippen LogP contribution in [0.25, 0.3) is 0 Å². The molecule has 0 amide bonds. The Morgan fingerprint density at radius 3 is 2.40 bits per heavy atom. The second-order valence-electron chi connectivity index (χ2n) is 8.24. The number of sulfonamides is 1. The molecular weight excluding hydrogens is 513 g/mol. The summed E-state index contributed by atoms with van der Waals surface area (Å²) in [6.45, 7) is 8.99. The molecule has 2 heterocycles. The van der Waals surface area contributed by atoms with Gasteiger partial charge in [0.25, 0.3) is 0 Å². The SMILES string of the molecule is CCNC(=NCC1CCN(S(C)(=O)=O)CC1)NC1CCN(c2ccc(C)cc2)C1.I. The van der Waals surface area contributed by atoms with Gasteiger partial charge in [-0.05, 0) is 51.2 Å². The van der Waals surface area contributed by atoms with Crippen LogP contribution in [-0.4, -0.2) is 70.2 Å². The molecule has 0 radical (unpaired) electrons. The second-order valence-corrected chi connectivity index (χ2v) is 10.2. The van der Waals surface area contributed by atoms with Gasteiger partial charge in [0.15, 0.2) is 5.96 Å². The van der Waals surface area contributed by atoms with Gasteiger partial charge in [-0.1, -0.05) is 17.7 Å². The molecule has 2 saturated heterocycles. The number of aliphatic imine (C=N–C) groups is 1. The minimum absolute atomic E-state index is 0. The van der Waals surface area contributed by atoms with Gasteiger partial charge < -0.3 is 15.5 Å². The van der Waals surface area contributed by atoms with E-state index in [1.165, 1.54) is 17.5 Å². The zero-order valence-electron chi connectivity index (χ0n) is 18.3. The fourth-order valence-corrected chi connectivity index (χ4v) is 4.90. The number of benzene rings is 1. The Kier molecular flexibility index (Phi) is 9.67. The molecule has 0 spiro atoms. The van der Waals surface area contributed by atoms with Crippen molar-refractivity contribution in [2.24, 2.45) is 10.9 Å². The smallest absolute Gasteiger partial charge is 0.211 e. The zero-order chi connectivity index (χ0) is 20.9. The molecule has 30 heavy (non-hydrogen) atoms. The molecule has 3 rings (SSSR count). The molecule has 9 heteroatoms. The molecule has 0 aliphatic carbocycles. The van der Waals surface area contributed by atoms with Crippen LogP contribution in [0.2, 0.25) is 0 Å². The van der Waals surface area contributed by atoms with Crippen molar-refractivity contribution in [3.05, 3.63) is 29.8 Å². The average molecular weight is 550 g/mol. The van der Waals surface area contributed by atoms with Crippen molar-refractivity contribution in [1.29, 1.82) is 0 Å². The quantitative estimate of drug-likeness (QED) is 0.324. The van der Waals surface area contributed by atoms with Crippen LogP contribution < -0.4 is 15.5 Å². The van der Waals surface area contributed by atoms with E-state index in [1.807, 2.05) is 0 Å². The summed E-state index contributed by atoms with van der Waals surface area (Å²) in [5, 5.41) is 6.95. The minimum atomic E-state index is -3.07. The van der Waals surface area contributed by atoms with E-state index in [4.69, 9.17) is 4.99 Å². The molecule has 2 aliphatic rings. The maximum absolute atomic E-state index is 11.7. The van der Waals surface area contributed by atoms with E-state index in [9.17, 15) is 8.42 Å². The summed E-state index contributed by atoms with van der Waals surface area (Å²) in [5.74, 6) is 1.31. The lowest BCUT2D eigenvalue weighted by Crippen LogP contribution is -2.45. The average Bonchev–Trinajstić information content (AvgIpc) is 3.15. The van der Waals surface area contributed by atoms with Gasteiger partial charge in [0.05, 0.1) is 6.26 Å². The first-order valence-electron chi connectivity index (χ1n) is 10.7. The highest BCUT2D eigenvalue weighted by atomic mass is 127. The lowest BCUT2D eigenvalue weighted by Gasteiger charge is -2.29. The molecule has 2 N–H and O–H groups in total. The topological polar surface area (TPSA) is 77.0 Å². The zero-order valence-corrected chi connectivity index (χ0v) is 21.4. The van der Waals surface area contributed by atoms with Crippen molar-refractivity contribution < 1.29 is 8.42 Å². The Labute approximate surface area is 198 Å². The molecule has 7 nitrogen and oxygen atoms in total. The van der Waals surface area contributed by atoms with E-state index in [0.29, 0.717) is 25.0 Å². The van der Waals surface area contributed by atoms with Gasteiger partial charge >= 0.3 is 0 Å². The fourth-order valence-electron chi connectivity index (χ4n) is 4.03. The summed E-state index contributed by atoms with van der Waals surface area (Å²) in [6, 6.07) is 9.09. The van der Waals surface area contributed by atoms with Gasteiger partial charge in [-0.2, -0.15) is 0 Å². The third-order valence-corrected chi connectivity index (χ3v) is 7.13. The molecule has 0 saturated carbocycles. The minimum Gasteiger partial charge on any atom is -0.369 e. The summed E-state index contributed by atoms with van der Waals surface area (Å²) < 4.78 is 24.9. The normalized spacial score (nSPS) is 21.4. The Morgan fingerprint density at radius 2 is 1.80 bits per heavy atom. The van der Waals surface area contributed by atoms with E-state index in [2.05, 4.69) is 53.6 Å². The summed E-state index contributed by atoms with van der Waals surface area (Å²) >= 11 is 0. The van der Waals surface area contributed by atoms with E-state index in [-0.39, 0.29) is 24.0 Å². The van der Waals surface area contributed by atoms with Crippen molar-refractivity contribution in [3.8, 4) is 0 Å². The van der Waals surface area contributed by atoms with Crippen LogP contribution in [0.15, 0.2) is 29.3 Å². The highest BCUT2D eigenvalue weighted by molar-refractivity contribution is 14.0. The summed E-state index contributed by atoms with van der Waals surface area (Å²) in [5.41, 5.74) is 2.56. The van der Waals surface area contributed by atoms with Crippen LogP contribution in [0.3, 0.4) is 0 Å². The Bertz CT molecular complexity index is 792. The Balaban J connectivity index is 0.00000320. The maximum atomic E-state index is 11.7. The van der Waals surface area contributed by atoms with E-state index in [0.717, 1.165) is 51.4 Å². The lowest BCUT2D eigenvalue weighted by atomic mass is 9.98. The number of halogens is 1. The molecular formula is C21H36IN5O2S. The number of piperidine rings is 1. The largest absolute Gasteiger partial charge is 0.369 e. The van der Waals surface area contributed by atoms with Crippen molar-refractivity contribution >= 4 is 45.6 Å². The summed E-state index contributed by atoms with van der Waals surface area (Å²) in [6.07, 6.45) is 4.13. The van der Waals surface area contributed by atoms with E-state index < -0.39 is 10.0 Å². The molecule has 1 atom stereocenters. The summed E-state index contributed by atoms with van der Waals surface area (Å²) in [7, 11) is -3.07. The van der Waals surface area contributed by atoms with Crippen LogP contribution in [0.5, 0.6) is 0 Å². The van der Waals surface area contributed by atoms with Crippen molar-refractivity contribution in [2.45, 2.75) is 39.2 Å². The van der Waals surface area contributed by atoms with Crippen LogP contribution in [0.1, 0.15) is 31.7 Å². The van der Waals surface area contributed by atoms with Gasteiger partial charge in [0.2, 0.25) is 10.0 Å². The van der Waals surface area contributed by atoms with E-state index in [1.54, 1.807) is 4.31 Å². The van der Waals surface area contributed by atoms with Crippen LogP contribution in [-0.2, 0) is 10.0 Å². The predicted molar refractivity (Wildman–Crippen MR) is 135 cm³/mol. The monoisotopic (exact) mass is 549 g/mol. The third kappa shape index (κ3) is 7.26. The van der Waals surface area contributed by atoms with Gasteiger partial charge in [-0.15, -0.1) is 24.0 Å². The first-order chi connectivity index (χ1) is 13.8. The first kappa shape index (κ1) is 25.2. The fraction of sp³-hybridized carbons (Fsp3) is 0.667. The van der Waals surface area contributed by atoms with Crippen LogP contribution in [0.4, 0.5) is 5.69 Å². The summed E-state index contributed by atoms with van der Waals surface area (Å²) in [4.78, 5) is 7.22. The highest BCUT2D eigenvalue weighted by Gasteiger charge is 2.26. The molecule has 1 aromatic carbocycles. The number of hydrogen-bond acceptors (Lipinski definition) is 4. The number of anilines is 1. The van der Waals surface area contributed by atoms with Gasteiger partial charge in [-0.25, -0.2) is 12.7 Å². The van der Waals surface area contributed by atoms with Crippen LogP contribution in [0, 0.1) is 12.8 Å². The van der Waals surface area contributed by atoms with Gasteiger partial charge in [0.1, 0.15) is 0 Å². The predicted octanol–water partition coefficient (Wildman–Crippen LogP) is 2.42. The van der Waals surface area contributed by atoms with Gasteiger partial charge in [0, 0.05) is 51.0 Å². The third-order valence-electron chi connectivity index (χ3n) is 5.82. The number of aryl methyl sites for hydroxylation is 1. The van der Waals surface area contributed by atoms with Gasteiger partial charge in [-0.3, -0.25) is 4.99 Å². The lowest BCUT2D eigenvalue weighted by molar-refractivity contribution is 0.280. The maximum Gasteiger partial charge on any atom is 0.211 e. The second kappa shape index (κ2) is 11.5. The van der Waals surface area contributed by atoms with Crippen molar-refractivity contribution in [3.63, 3.8) is 0 Å². The standard InChI is InChI=1S/C21H35N5O2S.HI/c1-4-22-21(23-15-18-9-13-26(14-10-18)29(3,27)28)24-19-11-12-25(16-19)20-7-5-17(2)6-8-20;/h5-8,18-19H,4,9-16H2,1-3H3,(H2,22,23,24);1H. The van der Waals surface area contributed by atoms with Crippen molar-refractivity contribution in [2.75, 3.05) is 50.4 Å². The molecule has 0 bridgehead atoms. The van der Waals surface area contributed by atoms with Crippen LogP contribution >= 0.6 is 24.0 Å². The molecule has 170 valence electrons. The molecule has 2 aliphatic heterocycles. The number of rotatable bonds is 6. The number of guanidine groups is 1. The molecule has 1 aromatic rings. The Hall–Kier alpha value is -1.07. The van der Waals surface area contributed by atoms with E-state index >= 15 is 0 Å².